The average Bonchev–Trinajstić information content (AvgIpc) is 2.89. The molecular weight excluding hydrogens is 302 g/mol. The van der Waals surface area contributed by atoms with E-state index >= 15 is 0 Å². The molecule has 0 atom stereocenters. The highest BCUT2D eigenvalue weighted by Crippen LogP contribution is 2.34. The Hall–Kier alpha value is -2.45. The van der Waals surface area contributed by atoms with Crippen LogP contribution in [0.2, 0.25) is 0 Å². The van der Waals surface area contributed by atoms with Gasteiger partial charge in [0.2, 0.25) is 0 Å². The number of pyridine rings is 1. The lowest BCUT2D eigenvalue weighted by atomic mass is 9.94. The van der Waals surface area contributed by atoms with Crippen LogP contribution in [0.3, 0.4) is 0 Å². The average molecular weight is 319 g/mol. The molecule has 2 fully saturated rings. The van der Waals surface area contributed by atoms with Crippen molar-refractivity contribution in [2.24, 2.45) is 0 Å². The Balaban J connectivity index is 1.71. The van der Waals surface area contributed by atoms with Crippen LogP contribution in [-0.4, -0.2) is 47.6 Å². The molecule has 3 heterocycles. The molecule has 2 aliphatic rings. The van der Waals surface area contributed by atoms with Crippen LogP contribution < -0.4 is 10.4 Å². The minimum Gasteiger partial charge on any atom is -0.440 e. The number of aromatic nitrogens is 1. The minimum absolute atomic E-state index is 0.401. The molecule has 3 rings (SSSR count). The van der Waals surface area contributed by atoms with Gasteiger partial charge in [0.25, 0.3) is 5.91 Å². The third-order valence-corrected chi connectivity index (χ3v) is 3.96. The van der Waals surface area contributed by atoms with E-state index in [-0.39, 0.29) is 0 Å². The number of rotatable bonds is 3. The van der Waals surface area contributed by atoms with Gasteiger partial charge in [0.15, 0.2) is 0 Å². The van der Waals surface area contributed by atoms with Crippen molar-refractivity contribution < 1.29 is 24.3 Å². The number of carbonyl (C=O) groups is 2. The van der Waals surface area contributed by atoms with Gasteiger partial charge in [-0.25, -0.2) is 15.3 Å². The molecule has 0 aliphatic carbocycles. The Bertz CT molecular complexity index is 623. The Morgan fingerprint density at radius 2 is 2.17 bits per heavy atom. The summed E-state index contributed by atoms with van der Waals surface area (Å²) in [5.41, 5.74) is 1.70. The zero-order valence-corrected chi connectivity index (χ0v) is 12.4. The smallest absolute Gasteiger partial charge is 0.416 e. The monoisotopic (exact) mass is 319 g/mol. The molecule has 0 unspecified atom stereocenters. The summed E-state index contributed by atoms with van der Waals surface area (Å²) in [6.45, 7) is 1.64. The Morgan fingerprint density at radius 1 is 1.39 bits per heavy atom. The van der Waals surface area contributed by atoms with Gasteiger partial charge >= 0.3 is 6.09 Å². The van der Waals surface area contributed by atoms with Crippen molar-refractivity contribution in [1.82, 2.24) is 10.5 Å². The largest absolute Gasteiger partial charge is 0.440 e. The van der Waals surface area contributed by atoms with E-state index in [9.17, 15) is 9.59 Å². The van der Waals surface area contributed by atoms with E-state index in [2.05, 4.69) is 4.98 Å². The van der Waals surface area contributed by atoms with Gasteiger partial charge in [-0.2, -0.15) is 0 Å². The highest BCUT2D eigenvalue weighted by Gasteiger charge is 2.47. The highest BCUT2D eigenvalue weighted by molar-refractivity contribution is 5.91. The lowest BCUT2D eigenvalue weighted by molar-refractivity contribution is -0.124. The number of anilines is 1. The van der Waals surface area contributed by atoms with Crippen molar-refractivity contribution in [3.05, 3.63) is 30.0 Å². The van der Waals surface area contributed by atoms with Crippen LogP contribution in [0.4, 0.5) is 10.6 Å². The number of hydroxylamine groups is 1. The molecule has 8 heteroatoms. The molecule has 1 aromatic rings. The lowest BCUT2D eigenvalue weighted by Crippen LogP contribution is -2.40. The molecule has 2 amide bonds. The first-order chi connectivity index (χ1) is 11.1. The molecule has 0 radical (unpaired) electrons. The van der Waals surface area contributed by atoms with Gasteiger partial charge in [0.05, 0.1) is 19.8 Å². The van der Waals surface area contributed by atoms with E-state index < -0.39 is 17.6 Å². The molecule has 2 saturated heterocycles. The number of hydrogen-bond acceptors (Lipinski definition) is 6. The molecule has 2 aliphatic heterocycles. The van der Waals surface area contributed by atoms with Crippen LogP contribution in [0.15, 0.2) is 24.4 Å². The Morgan fingerprint density at radius 3 is 2.83 bits per heavy atom. The highest BCUT2D eigenvalue weighted by atomic mass is 16.6. The number of amides is 2. The summed E-state index contributed by atoms with van der Waals surface area (Å²) in [4.78, 5) is 28.8. The molecule has 1 spiro atoms. The van der Waals surface area contributed by atoms with Crippen LogP contribution in [0, 0.1) is 0 Å². The minimum atomic E-state index is -0.626. The van der Waals surface area contributed by atoms with Gasteiger partial charge in [0.1, 0.15) is 11.4 Å². The summed E-state index contributed by atoms with van der Waals surface area (Å²) < 4.78 is 10.9. The van der Waals surface area contributed by atoms with E-state index in [1.165, 1.54) is 22.5 Å². The van der Waals surface area contributed by atoms with Crippen LogP contribution in [0.5, 0.6) is 0 Å². The fourth-order valence-corrected chi connectivity index (χ4v) is 2.67. The van der Waals surface area contributed by atoms with E-state index in [1.54, 1.807) is 18.3 Å². The van der Waals surface area contributed by atoms with Crippen molar-refractivity contribution in [2.45, 2.75) is 18.4 Å². The van der Waals surface area contributed by atoms with Crippen LogP contribution in [0.25, 0.3) is 6.08 Å². The quantitative estimate of drug-likeness (QED) is 0.491. The second-order valence-electron chi connectivity index (χ2n) is 5.51. The fraction of sp³-hybridized carbons (Fsp3) is 0.400. The summed E-state index contributed by atoms with van der Waals surface area (Å²) in [5, 5.41) is 8.42. The molecular formula is C15H17N3O5. The molecule has 0 saturated carbocycles. The van der Waals surface area contributed by atoms with Gasteiger partial charge in [-0.3, -0.25) is 14.9 Å². The maximum Gasteiger partial charge on any atom is 0.416 e. The summed E-state index contributed by atoms with van der Waals surface area (Å²) >= 11 is 0. The molecule has 23 heavy (non-hydrogen) atoms. The van der Waals surface area contributed by atoms with Crippen molar-refractivity contribution >= 4 is 23.9 Å². The third kappa shape index (κ3) is 3.33. The first-order valence-electron chi connectivity index (χ1n) is 7.28. The van der Waals surface area contributed by atoms with E-state index in [4.69, 9.17) is 14.7 Å². The first-order valence-corrected chi connectivity index (χ1v) is 7.28. The topological polar surface area (TPSA) is 101 Å². The van der Waals surface area contributed by atoms with Crippen LogP contribution in [-0.2, 0) is 14.3 Å². The lowest BCUT2D eigenvalue weighted by Gasteiger charge is -2.30. The molecule has 0 aromatic carbocycles. The number of nitrogens with zero attached hydrogens (tertiary/aromatic N) is 2. The van der Waals surface area contributed by atoms with E-state index in [0.717, 1.165) is 0 Å². The van der Waals surface area contributed by atoms with Crippen molar-refractivity contribution in [3.8, 4) is 0 Å². The van der Waals surface area contributed by atoms with E-state index in [1.807, 2.05) is 0 Å². The summed E-state index contributed by atoms with van der Waals surface area (Å²) in [6, 6.07) is 3.42. The number of ether oxygens (including phenoxy) is 2. The number of nitrogens with one attached hydrogen (secondary N) is 1. The van der Waals surface area contributed by atoms with Crippen molar-refractivity contribution in [2.75, 3.05) is 24.7 Å². The Labute approximate surface area is 132 Å². The summed E-state index contributed by atoms with van der Waals surface area (Å²) in [6.07, 6.45) is 5.20. The predicted molar refractivity (Wildman–Crippen MR) is 79.8 cm³/mol. The molecule has 2 N–H and O–H groups in total. The molecule has 1 aromatic heterocycles. The number of carbonyl (C=O) groups excluding carboxylic acids is 2. The Kier molecular flexibility index (Phi) is 4.26. The normalized spacial score (nSPS) is 20.0. The zero-order chi connectivity index (χ0) is 16.3. The molecule has 8 nitrogen and oxygen atoms in total. The third-order valence-electron chi connectivity index (χ3n) is 3.96. The van der Waals surface area contributed by atoms with Gasteiger partial charge in [-0.1, -0.05) is 0 Å². The summed E-state index contributed by atoms with van der Waals surface area (Å²) in [7, 11) is 0. The second kappa shape index (κ2) is 6.35. The SMILES string of the molecule is O=C(/C=C/c1ccc(N2CC3(CCOCC3)OC2=O)nc1)NO. The van der Waals surface area contributed by atoms with Crippen molar-refractivity contribution in [1.29, 1.82) is 0 Å². The van der Waals surface area contributed by atoms with Crippen LogP contribution >= 0.6 is 0 Å². The fourth-order valence-electron chi connectivity index (χ4n) is 2.67. The maximum atomic E-state index is 12.1. The molecule has 122 valence electrons. The van der Waals surface area contributed by atoms with Gasteiger partial charge in [-0.15, -0.1) is 0 Å². The van der Waals surface area contributed by atoms with Gasteiger partial charge < -0.3 is 9.47 Å². The number of hydrogen-bond donors (Lipinski definition) is 2. The second-order valence-corrected chi connectivity index (χ2v) is 5.51. The molecule has 0 bridgehead atoms. The maximum absolute atomic E-state index is 12.1. The standard InChI is InChI=1S/C15H17N3O5/c19-13(17-21)4-2-11-1-3-12(16-9-11)18-10-15(23-14(18)20)5-7-22-8-6-15/h1-4,9,21H,5-8,10H2,(H,17,19)/b4-2+. The first kappa shape index (κ1) is 15.4. The zero-order valence-electron chi connectivity index (χ0n) is 12.4. The van der Waals surface area contributed by atoms with Crippen LogP contribution in [0.1, 0.15) is 18.4 Å². The van der Waals surface area contributed by atoms with E-state index in [0.29, 0.717) is 44.0 Å². The predicted octanol–water partition coefficient (Wildman–Crippen LogP) is 1.11. The van der Waals surface area contributed by atoms with Gasteiger partial charge in [-0.05, 0) is 23.8 Å². The van der Waals surface area contributed by atoms with Crippen molar-refractivity contribution in [3.63, 3.8) is 0 Å². The van der Waals surface area contributed by atoms with Gasteiger partial charge in [0, 0.05) is 25.1 Å². The summed E-state index contributed by atoms with van der Waals surface area (Å²) in [5.74, 6) is -0.124.